The minimum Gasteiger partial charge on any atom is -0.379 e. The van der Waals surface area contributed by atoms with Gasteiger partial charge in [0.25, 0.3) is 0 Å². The molecular weight excluding hydrogens is 534 g/mol. The minimum absolute atomic E-state index is 0.211. The molecule has 1 unspecified atom stereocenters. The Bertz CT molecular complexity index is 1230. The third-order valence-corrected chi connectivity index (χ3v) is 9.71. The molecule has 9 nitrogen and oxygen atoms in total. The van der Waals surface area contributed by atoms with E-state index in [-0.39, 0.29) is 15.4 Å². The standard InChI is InChI=1S/C28H41N5O4S2/c1-21-6-5-11-28(3,4)24(21)9-7-22(2)30-31-27(38)29-25-20-23(39(34,35)33-14-18-37-19-15-33)8-10-26(25)32-12-16-36-17-13-32/h6-10,20,24H,5,11-19H2,1-4H3,(H2,29,31,38). The number of benzene rings is 1. The molecular formula is C28H41N5O4S2. The van der Waals surface area contributed by atoms with Crippen LogP contribution in [0.4, 0.5) is 11.4 Å². The van der Waals surface area contributed by atoms with E-state index in [9.17, 15) is 8.42 Å². The lowest BCUT2D eigenvalue weighted by Crippen LogP contribution is -2.40. The highest BCUT2D eigenvalue weighted by Gasteiger charge is 2.31. The van der Waals surface area contributed by atoms with Crippen LogP contribution in [0.5, 0.6) is 0 Å². The molecule has 2 N–H and O–H groups in total. The fourth-order valence-corrected chi connectivity index (χ4v) is 6.93. The van der Waals surface area contributed by atoms with Crippen molar-refractivity contribution in [2.75, 3.05) is 62.8 Å². The minimum atomic E-state index is -3.66. The lowest BCUT2D eigenvalue weighted by molar-refractivity contribution is 0.0730. The number of hydrogen-bond donors (Lipinski definition) is 2. The average Bonchev–Trinajstić information content (AvgIpc) is 2.92. The summed E-state index contributed by atoms with van der Waals surface area (Å²) in [5.41, 5.74) is 6.80. The van der Waals surface area contributed by atoms with Gasteiger partial charge in [0, 0.05) is 32.1 Å². The van der Waals surface area contributed by atoms with Crippen LogP contribution in [-0.4, -0.2) is 76.2 Å². The number of sulfonamides is 1. The lowest BCUT2D eigenvalue weighted by atomic mass is 9.68. The summed E-state index contributed by atoms with van der Waals surface area (Å²) < 4.78 is 39.0. The van der Waals surface area contributed by atoms with Crippen LogP contribution in [0.2, 0.25) is 0 Å². The molecule has 214 valence electrons. The van der Waals surface area contributed by atoms with E-state index in [0.29, 0.717) is 64.2 Å². The van der Waals surface area contributed by atoms with Gasteiger partial charge in [-0.3, -0.25) is 5.43 Å². The maximum atomic E-state index is 13.3. The number of thiocarbonyl (C=S) groups is 1. The fraction of sp³-hybridized carbons (Fsp3) is 0.571. The summed E-state index contributed by atoms with van der Waals surface area (Å²) in [7, 11) is -3.66. The van der Waals surface area contributed by atoms with Crippen LogP contribution in [0.1, 0.15) is 40.5 Å². The third-order valence-electron chi connectivity index (χ3n) is 7.63. The van der Waals surface area contributed by atoms with Crippen molar-refractivity contribution in [3.05, 3.63) is 42.0 Å². The molecule has 1 atom stereocenters. The van der Waals surface area contributed by atoms with Crippen molar-refractivity contribution in [2.45, 2.75) is 45.4 Å². The molecule has 4 rings (SSSR count). The van der Waals surface area contributed by atoms with Gasteiger partial charge in [-0.25, -0.2) is 8.42 Å². The molecule has 0 amide bonds. The Balaban J connectivity index is 1.50. The van der Waals surface area contributed by atoms with Crippen LogP contribution in [0, 0.1) is 11.3 Å². The van der Waals surface area contributed by atoms with Crippen molar-refractivity contribution in [3.63, 3.8) is 0 Å². The fourth-order valence-electron chi connectivity index (χ4n) is 5.34. The summed E-state index contributed by atoms with van der Waals surface area (Å²) in [6.45, 7) is 12.8. The molecule has 2 aliphatic heterocycles. The Morgan fingerprint density at radius 2 is 1.79 bits per heavy atom. The molecule has 0 radical (unpaired) electrons. The number of nitrogens with one attached hydrogen (secondary N) is 2. The molecule has 2 fully saturated rings. The number of allylic oxidation sites excluding steroid dienone is 4. The van der Waals surface area contributed by atoms with Gasteiger partial charge in [0.1, 0.15) is 0 Å². The van der Waals surface area contributed by atoms with Gasteiger partial charge in [0.2, 0.25) is 10.0 Å². The number of hydrogen-bond acceptors (Lipinski definition) is 7. The van der Waals surface area contributed by atoms with Crippen molar-refractivity contribution in [2.24, 2.45) is 16.4 Å². The molecule has 1 aromatic carbocycles. The highest BCUT2D eigenvalue weighted by atomic mass is 32.2. The molecule has 11 heteroatoms. The lowest BCUT2D eigenvalue weighted by Gasteiger charge is -2.36. The van der Waals surface area contributed by atoms with E-state index in [1.807, 2.05) is 19.1 Å². The van der Waals surface area contributed by atoms with Crippen molar-refractivity contribution < 1.29 is 17.9 Å². The molecule has 0 saturated carbocycles. The van der Waals surface area contributed by atoms with Gasteiger partial charge in [0.15, 0.2) is 5.11 Å². The van der Waals surface area contributed by atoms with Gasteiger partial charge >= 0.3 is 0 Å². The molecule has 3 aliphatic rings. The topological polar surface area (TPSA) is 95.5 Å². The Kier molecular flexibility index (Phi) is 9.82. The average molecular weight is 576 g/mol. The van der Waals surface area contributed by atoms with Crippen molar-refractivity contribution >= 4 is 44.4 Å². The zero-order valence-corrected chi connectivity index (χ0v) is 25.0. The molecule has 1 aliphatic carbocycles. The van der Waals surface area contributed by atoms with Gasteiger partial charge in [0.05, 0.1) is 48.4 Å². The first-order valence-electron chi connectivity index (χ1n) is 13.6. The Morgan fingerprint density at radius 3 is 2.46 bits per heavy atom. The molecule has 2 saturated heterocycles. The van der Waals surface area contributed by atoms with E-state index in [1.165, 1.54) is 9.88 Å². The highest BCUT2D eigenvalue weighted by molar-refractivity contribution is 7.89. The number of hydrazone groups is 1. The van der Waals surface area contributed by atoms with Crippen LogP contribution < -0.4 is 15.6 Å². The maximum Gasteiger partial charge on any atom is 0.243 e. The summed E-state index contributed by atoms with van der Waals surface area (Å²) in [6, 6.07) is 5.15. The second kappa shape index (κ2) is 12.9. The van der Waals surface area contributed by atoms with Crippen LogP contribution in [0.15, 0.2) is 52.0 Å². The van der Waals surface area contributed by atoms with Crippen LogP contribution in [0.3, 0.4) is 0 Å². The van der Waals surface area contributed by atoms with E-state index in [4.69, 9.17) is 21.7 Å². The second-order valence-electron chi connectivity index (χ2n) is 10.9. The Hall–Kier alpha value is -2.31. The maximum absolute atomic E-state index is 13.3. The molecule has 0 aromatic heterocycles. The molecule has 0 bridgehead atoms. The summed E-state index contributed by atoms with van der Waals surface area (Å²) in [6.07, 6.45) is 8.86. The predicted octanol–water partition coefficient (Wildman–Crippen LogP) is 4.15. The summed E-state index contributed by atoms with van der Waals surface area (Å²) in [5, 5.41) is 7.93. The van der Waals surface area contributed by atoms with Crippen molar-refractivity contribution in [1.29, 1.82) is 0 Å². The largest absolute Gasteiger partial charge is 0.379 e. The summed E-state index contributed by atoms with van der Waals surface area (Å²) in [4.78, 5) is 2.38. The molecule has 2 heterocycles. The van der Waals surface area contributed by atoms with E-state index in [1.54, 1.807) is 12.1 Å². The predicted molar refractivity (Wildman–Crippen MR) is 161 cm³/mol. The first-order valence-corrected chi connectivity index (χ1v) is 15.4. The van der Waals surface area contributed by atoms with E-state index < -0.39 is 10.0 Å². The smallest absolute Gasteiger partial charge is 0.243 e. The number of morpholine rings is 2. The van der Waals surface area contributed by atoms with E-state index >= 15 is 0 Å². The zero-order chi connectivity index (χ0) is 28.0. The van der Waals surface area contributed by atoms with Gasteiger partial charge in [-0.05, 0) is 68.6 Å². The van der Waals surface area contributed by atoms with Crippen LogP contribution in [0.25, 0.3) is 0 Å². The van der Waals surface area contributed by atoms with E-state index in [2.05, 4.69) is 53.7 Å². The number of rotatable bonds is 7. The Labute approximate surface area is 238 Å². The van der Waals surface area contributed by atoms with Crippen molar-refractivity contribution in [3.8, 4) is 0 Å². The number of nitrogens with zero attached hydrogens (tertiary/aromatic N) is 3. The second-order valence-corrected chi connectivity index (χ2v) is 13.3. The molecule has 0 spiro atoms. The van der Waals surface area contributed by atoms with Crippen molar-refractivity contribution in [1.82, 2.24) is 9.73 Å². The highest BCUT2D eigenvalue weighted by Crippen LogP contribution is 2.41. The van der Waals surface area contributed by atoms with Crippen LogP contribution >= 0.6 is 12.2 Å². The van der Waals surface area contributed by atoms with Crippen LogP contribution in [-0.2, 0) is 19.5 Å². The first-order chi connectivity index (χ1) is 18.6. The zero-order valence-electron chi connectivity index (χ0n) is 23.4. The first kappa shape index (κ1) is 29.7. The van der Waals surface area contributed by atoms with Gasteiger partial charge < -0.3 is 19.7 Å². The quantitative estimate of drug-likeness (QED) is 0.217. The molecule has 39 heavy (non-hydrogen) atoms. The number of ether oxygens (including phenoxy) is 2. The normalized spacial score (nSPS) is 23.0. The van der Waals surface area contributed by atoms with Gasteiger partial charge in [-0.15, -0.1) is 0 Å². The van der Waals surface area contributed by atoms with E-state index in [0.717, 1.165) is 24.2 Å². The SMILES string of the molecule is CC1=CCCC(C)(C)C1C=CC(C)=NNC(=S)Nc1cc(S(=O)(=O)N2CCOCC2)ccc1N1CCOCC1. The van der Waals surface area contributed by atoms with Gasteiger partial charge in [-0.2, -0.15) is 9.41 Å². The van der Waals surface area contributed by atoms with Gasteiger partial charge in [-0.1, -0.05) is 31.6 Å². The monoisotopic (exact) mass is 575 g/mol. The number of anilines is 2. The molecule has 1 aromatic rings. The third kappa shape index (κ3) is 7.46. The summed E-state index contributed by atoms with van der Waals surface area (Å²) >= 11 is 5.56. The Morgan fingerprint density at radius 1 is 1.13 bits per heavy atom. The summed E-state index contributed by atoms with van der Waals surface area (Å²) in [5.74, 6) is 0.369.